The maximum atomic E-state index is 11.3. The summed E-state index contributed by atoms with van der Waals surface area (Å²) >= 11 is 0. The molecule has 6 bridgehead atoms. The minimum Gasteiger partial charge on any atom is -0.352 e. The monoisotopic (exact) mass is 147 g/mol. The van der Waals surface area contributed by atoms with E-state index >= 15 is 0 Å². The molecule has 5 aliphatic rings. The van der Waals surface area contributed by atoms with E-state index in [1.54, 1.807) is 0 Å². The standard InChI is InChI=1S/C9H9NO/c11-9-7-4-2-1-3-5(7)6(3)8(4)10-9/h1-8H,(H,10,11)/t3-,4-,5?,6?,7+,8-/m0/s1. The van der Waals surface area contributed by atoms with Gasteiger partial charge in [0.05, 0.1) is 0 Å². The van der Waals surface area contributed by atoms with Crippen LogP contribution < -0.4 is 5.32 Å². The number of allylic oxidation sites excluding steroid dienone is 1. The van der Waals surface area contributed by atoms with Crippen molar-refractivity contribution in [1.82, 2.24) is 5.32 Å². The lowest BCUT2D eigenvalue weighted by molar-refractivity contribution is -0.124. The van der Waals surface area contributed by atoms with Crippen LogP contribution in [0.4, 0.5) is 0 Å². The van der Waals surface area contributed by atoms with Crippen LogP contribution in [-0.4, -0.2) is 11.9 Å². The van der Waals surface area contributed by atoms with Crippen molar-refractivity contribution < 1.29 is 4.79 Å². The normalized spacial score (nSPS) is 66.7. The molecule has 56 valence electrons. The second-order valence-corrected chi connectivity index (χ2v) is 4.25. The quantitative estimate of drug-likeness (QED) is 0.486. The summed E-state index contributed by atoms with van der Waals surface area (Å²) in [4.78, 5) is 11.3. The van der Waals surface area contributed by atoms with Gasteiger partial charge < -0.3 is 5.32 Å². The summed E-state index contributed by atoms with van der Waals surface area (Å²) in [5.41, 5.74) is 0. The molecule has 1 amide bonds. The zero-order chi connectivity index (χ0) is 7.16. The molecule has 6 atom stereocenters. The molecule has 2 saturated carbocycles. The summed E-state index contributed by atoms with van der Waals surface area (Å²) < 4.78 is 0. The topological polar surface area (TPSA) is 29.1 Å². The Hall–Kier alpha value is -0.790. The summed E-state index contributed by atoms with van der Waals surface area (Å²) in [5.74, 6) is 3.64. The molecule has 2 nitrogen and oxygen atoms in total. The number of hydrogen-bond donors (Lipinski definition) is 1. The van der Waals surface area contributed by atoms with Gasteiger partial charge in [-0.2, -0.15) is 0 Å². The highest BCUT2D eigenvalue weighted by Gasteiger charge is 2.73. The Balaban J connectivity index is 1.99. The summed E-state index contributed by atoms with van der Waals surface area (Å²) in [6.07, 6.45) is 4.59. The van der Waals surface area contributed by atoms with E-state index in [0.29, 0.717) is 23.8 Å². The number of nitrogens with one attached hydrogen (secondary N) is 1. The van der Waals surface area contributed by atoms with Crippen molar-refractivity contribution in [1.29, 1.82) is 0 Å². The van der Waals surface area contributed by atoms with E-state index in [1.807, 2.05) is 0 Å². The third kappa shape index (κ3) is 0.328. The fourth-order valence-electron chi connectivity index (χ4n) is 3.63. The number of amides is 1. The molecule has 4 aliphatic carbocycles. The molecule has 3 fully saturated rings. The van der Waals surface area contributed by atoms with Gasteiger partial charge in [0.2, 0.25) is 5.91 Å². The van der Waals surface area contributed by atoms with Gasteiger partial charge in [-0.1, -0.05) is 12.2 Å². The minimum absolute atomic E-state index is 0.327. The Labute approximate surface area is 64.7 Å². The van der Waals surface area contributed by atoms with Crippen LogP contribution in [0.3, 0.4) is 0 Å². The molecule has 0 aromatic heterocycles. The van der Waals surface area contributed by atoms with Gasteiger partial charge in [0.25, 0.3) is 0 Å². The van der Waals surface area contributed by atoms with Crippen LogP contribution in [0, 0.1) is 29.6 Å². The van der Waals surface area contributed by atoms with Crippen LogP contribution in [0.25, 0.3) is 0 Å². The van der Waals surface area contributed by atoms with Crippen molar-refractivity contribution in [2.45, 2.75) is 6.04 Å². The summed E-state index contributed by atoms with van der Waals surface area (Å²) in [5, 5.41) is 3.09. The van der Waals surface area contributed by atoms with Crippen molar-refractivity contribution in [3.63, 3.8) is 0 Å². The summed E-state index contributed by atoms with van der Waals surface area (Å²) in [7, 11) is 0. The minimum atomic E-state index is 0.327. The van der Waals surface area contributed by atoms with Crippen molar-refractivity contribution >= 4 is 5.91 Å². The Morgan fingerprint density at radius 3 is 2.64 bits per heavy atom. The number of piperidine rings is 1. The van der Waals surface area contributed by atoms with Gasteiger partial charge in [-0.05, 0) is 17.8 Å². The van der Waals surface area contributed by atoms with Crippen LogP contribution in [-0.2, 0) is 4.79 Å². The number of rotatable bonds is 0. The van der Waals surface area contributed by atoms with Crippen molar-refractivity contribution in [3.8, 4) is 0 Å². The second kappa shape index (κ2) is 1.15. The van der Waals surface area contributed by atoms with E-state index in [4.69, 9.17) is 0 Å². The van der Waals surface area contributed by atoms with Crippen molar-refractivity contribution in [2.75, 3.05) is 0 Å². The first-order chi connectivity index (χ1) is 5.38. The van der Waals surface area contributed by atoms with Crippen LogP contribution in [0.15, 0.2) is 12.2 Å². The van der Waals surface area contributed by atoms with Crippen molar-refractivity contribution in [3.05, 3.63) is 12.2 Å². The lowest BCUT2D eigenvalue weighted by Crippen LogP contribution is -2.33. The molecule has 5 rings (SSSR count). The molecular formula is C9H9NO. The van der Waals surface area contributed by atoms with Crippen LogP contribution >= 0.6 is 0 Å². The van der Waals surface area contributed by atoms with E-state index in [-0.39, 0.29) is 0 Å². The van der Waals surface area contributed by atoms with Crippen LogP contribution in [0.2, 0.25) is 0 Å². The third-order valence-corrected chi connectivity index (χ3v) is 4.02. The maximum Gasteiger partial charge on any atom is 0.224 e. The van der Waals surface area contributed by atoms with Gasteiger partial charge in [-0.3, -0.25) is 4.79 Å². The van der Waals surface area contributed by atoms with E-state index in [1.165, 1.54) is 0 Å². The Morgan fingerprint density at radius 2 is 2.00 bits per heavy atom. The molecule has 0 aromatic carbocycles. The Morgan fingerprint density at radius 1 is 1.18 bits per heavy atom. The lowest BCUT2D eigenvalue weighted by atomic mass is 9.84. The molecule has 0 radical (unpaired) electrons. The summed E-state index contributed by atoms with van der Waals surface area (Å²) in [6.45, 7) is 0. The average Bonchev–Trinajstić information content (AvgIpc) is 2.59. The second-order valence-electron chi connectivity index (χ2n) is 4.25. The van der Waals surface area contributed by atoms with E-state index < -0.39 is 0 Å². The van der Waals surface area contributed by atoms with E-state index in [2.05, 4.69) is 17.5 Å². The van der Waals surface area contributed by atoms with Gasteiger partial charge >= 0.3 is 0 Å². The van der Waals surface area contributed by atoms with Crippen LogP contribution in [0.1, 0.15) is 0 Å². The predicted molar refractivity (Wildman–Crippen MR) is 38.5 cm³/mol. The smallest absolute Gasteiger partial charge is 0.224 e. The molecule has 1 aliphatic heterocycles. The van der Waals surface area contributed by atoms with E-state index in [0.717, 1.165) is 17.8 Å². The molecule has 0 spiro atoms. The SMILES string of the molecule is O=C1N[C@@H]2C3C4[C@@H]3C=C[C@H]2[C@@H]14. The highest BCUT2D eigenvalue weighted by Crippen LogP contribution is 2.68. The van der Waals surface area contributed by atoms with E-state index in [9.17, 15) is 4.79 Å². The molecule has 0 aromatic rings. The molecule has 1 saturated heterocycles. The van der Waals surface area contributed by atoms with Gasteiger partial charge in [0.15, 0.2) is 0 Å². The first-order valence-corrected chi connectivity index (χ1v) is 4.36. The fraction of sp³-hybridized carbons (Fsp3) is 0.667. The number of hydrogen-bond acceptors (Lipinski definition) is 1. The first kappa shape index (κ1) is 4.96. The largest absolute Gasteiger partial charge is 0.352 e. The predicted octanol–water partition coefficient (Wildman–Crippen LogP) is 0.163. The lowest BCUT2D eigenvalue weighted by Gasteiger charge is -2.18. The fourth-order valence-corrected chi connectivity index (χ4v) is 3.63. The third-order valence-electron chi connectivity index (χ3n) is 4.02. The van der Waals surface area contributed by atoms with Gasteiger partial charge in [0, 0.05) is 17.9 Å². The molecular weight excluding hydrogens is 138 g/mol. The molecule has 1 heterocycles. The molecule has 2 unspecified atom stereocenters. The number of carbonyl (C=O) groups is 1. The maximum absolute atomic E-state index is 11.3. The zero-order valence-corrected chi connectivity index (χ0v) is 6.03. The average molecular weight is 147 g/mol. The summed E-state index contributed by atoms with van der Waals surface area (Å²) in [6, 6.07) is 0.535. The zero-order valence-electron chi connectivity index (χ0n) is 6.03. The molecule has 1 N–H and O–H groups in total. The number of carbonyl (C=O) groups excluding carboxylic acids is 1. The van der Waals surface area contributed by atoms with Crippen molar-refractivity contribution in [2.24, 2.45) is 29.6 Å². The first-order valence-electron chi connectivity index (χ1n) is 4.36. The van der Waals surface area contributed by atoms with Gasteiger partial charge in [0.1, 0.15) is 0 Å². The highest BCUT2D eigenvalue weighted by molar-refractivity contribution is 5.86. The van der Waals surface area contributed by atoms with Gasteiger partial charge in [-0.25, -0.2) is 0 Å². The molecule has 2 heteroatoms. The Kier molecular flexibility index (Phi) is 0.520. The Bertz CT molecular complexity index is 296. The van der Waals surface area contributed by atoms with Crippen LogP contribution in [0.5, 0.6) is 0 Å². The van der Waals surface area contributed by atoms with Gasteiger partial charge in [-0.15, -0.1) is 0 Å². The highest BCUT2D eigenvalue weighted by atomic mass is 16.2. The molecule has 11 heavy (non-hydrogen) atoms.